The Kier molecular flexibility index (Phi) is 3.46. The first-order valence-electron chi connectivity index (χ1n) is 5.33. The first-order valence-corrected chi connectivity index (χ1v) is 7.54. The van der Waals surface area contributed by atoms with Gasteiger partial charge in [-0.1, -0.05) is 0 Å². The van der Waals surface area contributed by atoms with Crippen LogP contribution in [0.15, 0.2) is 21.2 Å². The van der Waals surface area contributed by atoms with Gasteiger partial charge in [0.05, 0.1) is 14.2 Å². The summed E-state index contributed by atoms with van der Waals surface area (Å²) in [5.41, 5.74) is 0.259. The van der Waals surface area contributed by atoms with Crippen LogP contribution in [0.2, 0.25) is 0 Å². The normalized spacial score (nSPS) is 20.4. The molecule has 0 unspecified atom stereocenters. The van der Waals surface area contributed by atoms with Gasteiger partial charge in [0.1, 0.15) is 16.3 Å². The average molecular weight is 320 g/mol. The summed E-state index contributed by atoms with van der Waals surface area (Å²) >= 11 is 0.993. The molecule has 0 atom stereocenters. The molecular weight excluding hydrogens is 308 g/mol. The number of fused-ring (bicyclic) bond motifs is 1. The van der Waals surface area contributed by atoms with Crippen LogP contribution in [0.4, 0.5) is 0 Å². The van der Waals surface area contributed by atoms with Crippen LogP contribution in [0, 0.1) is 0 Å². The van der Waals surface area contributed by atoms with Gasteiger partial charge in [0, 0.05) is 14.1 Å². The van der Waals surface area contributed by atoms with Crippen LogP contribution in [0.25, 0.3) is 0 Å². The van der Waals surface area contributed by atoms with Crippen molar-refractivity contribution in [2.24, 2.45) is 0 Å². The highest BCUT2D eigenvalue weighted by molar-refractivity contribution is 8.02. The smallest absolute Gasteiger partial charge is 0.353 e. The minimum absolute atomic E-state index is 0.106. The summed E-state index contributed by atoms with van der Waals surface area (Å²) in [5.74, 6) is -1.64. The van der Waals surface area contributed by atoms with Crippen molar-refractivity contribution in [3.05, 3.63) is 21.2 Å². The molecule has 0 fully saturated rings. The molecule has 0 aromatic carbocycles. The van der Waals surface area contributed by atoms with Crippen molar-refractivity contribution in [2.75, 3.05) is 28.3 Å². The number of nitrogens with zero attached hydrogens (tertiary/aromatic N) is 2. The molecule has 0 aromatic heterocycles. The Morgan fingerprint density at radius 3 is 2.10 bits per heavy atom. The molecule has 2 aliphatic rings. The highest BCUT2D eigenvalue weighted by Gasteiger charge is 2.50. The molecular formula is C10H12N2O6S2. The Balaban J connectivity index is 2.76. The molecule has 10 heteroatoms. The molecule has 2 aliphatic heterocycles. The van der Waals surface area contributed by atoms with E-state index < -0.39 is 26.9 Å². The summed E-state index contributed by atoms with van der Waals surface area (Å²) in [6.45, 7) is 0. The highest BCUT2D eigenvalue weighted by atomic mass is 32.2. The quantitative estimate of drug-likeness (QED) is 0.502. The fourth-order valence-corrected chi connectivity index (χ4v) is 4.53. The molecule has 0 amide bonds. The molecule has 0 N–H and O–H groups in total. The predicted molar refractivity (Wildman–Crippen MR) is 70.1 cm³/mol. The minimum Gasteiger partial charge on any atom is -0.465 e. The first-order chi connectivity index (χ1) is 9.27. The molecule has 0 aliphatic carbocycles. The van der Waals surface area contributed by atoms with Gasteiger partial charge in [0.2, 0.25) is 0 Å². The Hall–Kier alpha value is -1.68. The number of hydrogen-bond acceptors (Lipinski definition) is 8. The van der Waals surface area contributed by atoms with Gasteiger partial charge >= 0.3 is 11.9 Å². The van der Waals surface area contributed by atoms with E-state index in [2.05, 4.69) is 9.47 Å². The van der Waals surface area contributed by atoms with Crippen molar-refractivity contribution >= 4 is 33.9 Å². The third-order valence-corrected chi connectivity index (χ3v) is 5.65. The van der Waals surface area contributed by atoms with E-state index in [1.54, 1.807) is 7.05 Å². The van der Waals surface area contributed by atoms with E-state index >= 15 is 0 Å². The van der Waals surface area contributed by atoms with Crippen molar-refractivity contribution in [1.29, 1.82) is 0 Å². The Morgan fingerprint density at radius 1 is 1.05 bits per heavy atom. The molecule has 0 aromatic rings. The molecule has 2 rings (SSSR count). The molecule has 0 saturated carbocycles. The monoisotopic (exact) mass is 320 g/mol. The third-order valence-electron chi connectivity index (χ3n) is 2.87. The van der Waals surface area contributed by atoms with Gasteiger partial charge in [-0.2, -0.15) is 0 Å². The summed E-state index contributed by atoms with van der Waals surface area (Å²) < 4.78 is 36.0. The average Bonchev–Trinajstić information content (AvgIpc) is 2.83. The van der Waals surface area contributed by atoms with E-state index in [1.807, 2.05) is 0 Å². The van der Waals surface area contributed by atoms with Gasteiger partial charge in [0.25, 0.3) is 10.0 Å². The number of carbonyl (C=O) groups excluding carboxylic acids is 2. The SMILES string of the molecule is COC(=O)C1=C2C(=C(C(=O)OC)S(=O)(=O)N2C)N(C)S1. The number of sulfonamides is 1. The summed E-state index contributed by atoms with van der Waals surface area (Å²) in [5, 5.41) is 0. The second-order valence-corrected chi connectivity index (χ2v) is 6.94. The van der Waals surface area contributed by atoms with Gasteiger partial charge in [-0.25, -0.2) is 18.0 Å². The standard InChI is InChI=1S/C10H12N2O6S2/c1-11-6-5(7(19-11)9(13)17-3)12(2)20(15,16)8(6)10(14)18-4/h1-4H3. The van der Waals surface area contributed by atoms with E-state index in [0.717, 1.165) is 23.4 Å². The van der Waals surface area contributed by atoms with Gasteiger partial charge in [-0.15, -0.1) is 0 Å². The summed E-state index contributed by atoms with van der Waals surface area (Å²) in [6.07, 6.45) is 0. The van der Waals surface area contributed by atoms with Crippen LogP contribution in [0.1, 0.15) is 0 Å². The van der Waals surface area contributed by atoms with Crippen LogP contribution < -0.4 is 0 Å². The number of rotatable bonds is 2. The number of likely N-dealkylation sites (N-methyl/N-ethyl adjacent to an activating group) is 2. The Labute approximate surface area is 120 Å². The second-order valence-electron chi connectivity index (χ2n) is 3.90. The van der Waals surface area contributed by atoms with E-state index in [9.17, 15) is 18.0 Å². The predicted octanol–water partition coefficient (Wildman–Crippen LogP) is -0.376. The van der Waals surface area contributed by atoms with E-state index in [4.69, 9.17) is 0 Å². The Morgan fingerprint density at radius 2 is 1.60 bits per heavy atom. The van der Waals surface area contributed by atoms with Crippen molar-refractivity contribution < 1.29 is 27.5 Å². The molecule has 110 valence electrons. The van der Waals surface area contributed by atoms with Crippen molar-refractivity contribution in [3.63, 3.8) is 0 Å². The lowest BCUT2D eigenvalue weighted by Gasteiger charge is -2.13. The topological polar surface area (TPSA) is 93.2 Å². The van der Waals surface area contributed by atoms with Gasteiger partial charge in [-0.3, -0.25) is 4.31 Å². The number of carbonyl (C=O) groups is 2. The van der Waals surface area contributed by atoms with Gasteiger partial charge < -0.3 is 13.8 Å². The number of esters is 2. The Bertz CT molecular complexity index is 663. The van der Waals surface area contributed by atoms with E-state index in [0.29, 0.717) is 0 Å². The summed E-state index contributed by atoms with van der Waals surface area (Å²) in [6, 6.07) is 0. The van der Waals surface area contributed by atoms with Gasteiger partial charge in [0.15, 0.2) is 4.91 Å². The maximum atomic E-state index is 12.3. The molecule has 0 spiro atoms. The fraction of sp³-hybridized carbons (Fsp3) is 0.400. The fourth-order valence-electron chi connectivity index (χ4n) is 1.93. The largest absolute Gasteiger partial charge is 0.465 e. The highest BCUT2D eigenvalue weighted by Crippen LogP contribution is 2.48. The second kappa shape index (κ2) is 4.70. The molecule has 2 heterocycles. The summed E-state index contributed by atoms with van der Waals surface area (Å²) in [4.78, 5) is 23.1. The van der Waals surface area contributed by atoms with Crippen LogP contribution >= 0.6 is 11.9 Å². The van der Waals surface area contributed by atoms with Crippen molar-refractivity contribution in [3.8, 4) is 0 Å². The summed E-state index contributed by atoms with van der Waals surface area (Å²) in [7, 11) is 1.08. The lowest BCUT2D eigenvalue weighted by Crippen LogP contribution is -2.25. The molecule has 8 nitrogen and oxygen atoms in total. The number of methoxy groups -OCH3 is 2. The van der Waals surface area contributed by atoms with Crippen LogP contribution in [-0.4, -0.2) is 57.3 Å². The van der Waals surface area contributed by atoms with E-state index in [1.165, 1.54) is 18.5 Å². The number of hydrogen-bond donors (Lipinski definition) is 0. The maximum absolute atomic E-state index is 12.3. The lowest BCUT2D eigenvalue weighted by atomic mass is 10.2. The van der Waals surface area contributed by atoms with Crippen molar-refractivity contribution in [1.82, 2.24) is 8.61 Å². The lowest BCUT2D eigenvalue weighted by molar-refractivity contribution is -0.136. The number of ether oxygens (including phenoxy) is 2. The van der Waals surface area contributed by atoms with Crippen LogP contribution in [0.5, 0.6) is 0 Å². The molecule has 0 bridgehead atoms. The van der Waals surface area contributed by atoms with Crippen LogP contribution in [-0.2, 0) is 29.1 Å². The minimum atomic E-state index is -4.03. The maximum Gasteiger partial charge on any atom is 0.353 e. The van der Waals surface area contributed by atoms with Crippen LogP contribution in [0.3, 0.4) is 0 Å². The van der Waals surface area contributed by atoms with E-state index in [-0.39, 0.29) is 16.3 Å². The third kappa shape index (κ3) is 1.79. The molecule has 0 radical (unpaired) electrons. The zero-order chi connectivity index (χ0) is 15.2. The molecule has 0 saturated heterocycles. The zero-order valence-electron chi connectivity index (χ0n) is 11.2. The zero-order valence-corrected chi connectivity index (χ0v) is 12.8. The van der Waals surface area contributed by atoms with Crippen molar-refractivity contribution in [2.45, 2.75) is 0 Å². The molecule has 20 heavy (non-hydrogen) atoms. The van der Waals surface area contributed by atoms with Gasteiger partial charge in [-0.05, 0) is 11.9 Å². The first kappa shape index (κ1) is 14.7.